The summed E-state index contributed by atoms with van der Waals surface area (Å²) in [5.74, 6) is 0.0958. The normalized spacial score (nSPS) is 9.88. The van der Waals surface area contributed by atoms with Crippen LogP contribution in [0, 0.1) is 0 Å². The van der Waals surface area contributed by atoms with E-state index in [0.29, 0.717) is 11.3 Å². The molecule has 0 bridgehead atoms. The van der Waals surface area contributed by atoms with E-state index in [9.17, 15) is 4.79 Å². The quantitative estimate of drug-likeness (QED) is 0.542. The van der Waals surface area contributed by atoms with E-state index in [4.69, 9.17) is 14.2 Å². The molecule has 0 N–H and O–H groups in total. The molecule has 0 aliphatic carbocycles. The van der Waals surface area contributed by atoms with E-state index >= 15 is 0 Å². The Morgan fingerprint density at radius 1 is 1.19 bits per heavy atom. The lowest BCUT2D eigenvalue weighted by atomic mass is 10.2. The largest absolute Gasteiger partial charge is 0.468 e. The van der Waals surface area contributed by atoms with Crippen LogP contribution in [-0.4, -0.2) is 33.8 Å². The number of ether oxygens (including phenoxy) is 4. The Morgan fingerprint density at radius 2 is 1.94 bits per heavy atom. The molecule has 0 aromatic heterocycles. The summed E-state index contributed by atoms with van der Waals surface area (Å²) in [6.45, 7) is 0.0680. The van der Waals surface area contributed by atoms with Gasteiger partial charge in [-0.2, -0.15) is 0 Å². The van der Waals surface area contributed by atoms with Crippen molar-refractivity contribution in [2.75, 3.05) is 27.8 Å². The smallest absolute Gasteiger partial charge is 0.340 e. The first-order valence-electron chi connectivity index (χ1n) is 4.65. The molecule has 0 aliphatic heterocycles. The summed E-state index contributed by atoms with van der Waals surface area (Å²) in [5.41, 5.74) is 0.408. The number of rotatable bonds is 6. The average molecular weight is 226 g/mol. The molecular weight excluding hydrogens is 212 g/mol. The Labute approximate surface area is 93.9 Å². The molecule has 0 saturated heterocycles. The lowest BCUT2D eigenvalue weighted by Crippen LogP contribution is -2.08. The molecule has 5 heteroatoms. The average Bonchev–Trinajstić information content (AvgIpc) is 2.33. The van der Waals surface area contributed by atoms with Crippen LogP contribution in [0.25, 0.3) is 0 Å². The van der Waals surface area contributed by atoms with Crippen LogP contribution < -0.4 is 4.74 Å². The summed E-state index contributed by atoms with van der Waals surface area (Å²) in [6, 6.07) is 6.65. The number of carbonyl (C=O) groups is 1. The van der Waals surface area contributed by atoms with Gasteiger partial charge in [0.25, 0.3) is 0 Å². The van der Waals surface area contributed by atoms with E-state index in [1.807, 2.05) is 0 Å². The van der Waals surface area contributed by atoms with Crippen LogP contribution in [0.3, 0.4) is 0 Å². The van der Waals surface area contributed by atoms with Gasteiger partial charge in [0.05, 0.1) is 5.56 Å². The van der Waals surface area contributed by atoms with Crippen LogP contribution in [0.4, 0.5) is 0 Å². The van der Waals surface area contributed by atoms with Crippen LogP contribution in [0.5, 0.6) is 5.75 Å². The van der Waals surface area contributed by atoms with E-state index in [1.54, 1.807) is 24.3 Å². The van der Waals surface area contributed by atoms with Crippen molar-refractivity contribution in [3.63, 3.8) is 0 Å². The van der Waals surface area contributed by atoms with Gasteiger partial charge in [0.1, 0.15) is 5.75 Å². The maximum Gasteiger partial charge on any atom is 0.340 e. The molecule has 0 spiro atoms. The van der Waals surface area contributed by atoms with Gasteiger partial charge in [0, 0.05) is 14.2 Å². The Morgan fingerprint density at radius 3 is 2.62 bits per heavy atom. The second-order valence-electron chi connectivity index (χ2n) is 2.92. The highest BCUT2D eigenvalue weighted by Crippen LogP contribution is 2.14. The first-order chi connectivity index (χ1) is 7.77. The molecule has 1 aromatic rings. The first-order valence-corrected chi connectivity index (χ1v) is 4.65. The van der Waals surface area contributed by atoms with Gasteiger partial charge < -0.3 is 18.9 Å². The van der Waals surface area contributed by atoms with Crippen LogP contribution in [0.2, 0.25) is 0 Å². The molecule has 0 aliphatic rings. The highest BCUT2D eigenvalue weighted by molar-refractivity contribution is 5.89. The van der Waals surface area contributed by atoms with Gasteiger partial charge in [-0.15, -0.1) is 0 Å². The van der Waals surface area contributed by atoms with Crippen molar-refractivity contribution in [2.45, 2.75) is 0 Å². The Hall–Kier alpha value is -1.59. The standard InChI is InChI=1S/C11H14O5/c1-13-7-15-10-5-3-4-9(6-10)11(12)16-8-14-2/h3-6H,7-8H2,1-2H3. The molecule has 0 amide bonds. The third-order valence-electron chi connectivity index (χ3n) is 1.72. The number of hydrogen-bond donors (Lipinski definition) is 0. The summed E-state index contributed by atoms with van der Waals surface area (Å²) in [5, 5.41) is 0. The molecule has 0 atom stereocenters. The predicted molar refractivity (Wildman–Crippen MR) is 56.2 cm³/mol. The first kappa shape index (κ1) is 12.5. The maximum atomic E-state index is 11.4. The van der Waals surface area contributed by atoms with Crippen molar-refractivity contribution < 1.29 is 23.7 Å². The molecular formula is C11H14O5. The van der Waals surface area contributed by atoms with Gasteiger partial charge in [-0.1, -0.05) is 6.07 Å². The minimum Gasteiger partial charge on any atom is -0.468 e. The van der Waals surface area contributed by atoms with E-state index in [0.717, 1.165) is 0 Å². The van der Waals surface area contributed by atoms with E-state index in [-0.39, 0.29) is 13.6 Å². The minimum absolute atomic E-state index is 0.0675. The monoisotopic (exact) mass is 226 g/mol. The van der Waals surface area contributed by atoms with Crippen LogP contribution in [0.15, 0.2) is 24.3 Å². The zero-order valence-electron chi connectivity index (χ0n) is 9.26. The fraction of sp³-hybridized carbons (Fsp3) is 0.364. The van der Waals surface area contributed by atoms with Crippen molar-refractivity contribution in [1.82, 2.24) is 0 Å². The van der Waals surface area contributed by atoms with Crippen molar-refractivity contribution in [1.29, 1.82) is 0 Å². The van der Waals surface area contributed by atoms with Gasteiger partial charge in [-0.3, -0.25) is 0 Å². The second kappa shape index (κ2) is 6.81. The number of hydrogen-bond acceptors (Lipinski definition) is 5. The number of carbonyl (C=O) groups excluding carboxylic acids is 1. The van der Waals surface area contributed by atoms with E-state index in [1.165, 1.54) is 14.2 Å². The third-order valence-corrected chi connectivity index (χ3v) is 1.72. The molecule has 0 radical (unpaired) electrons. The van der Waals surface area contributed by atoms with Crippen LogP contribution in [-0.2, 0) is 14.2 Å². The third kappa shape index (κ3) is 3.88. The van der Waals surface area contributed by atoms with Gasteiger partial charge in [0.15, 0.2) is 13.6 Å². The zero-order valence-corrected chi connectivity index (χ0v) is 9.26. The van der Waals surface area contributed by atoms with Gasteiger partial charge in [0.2, 0.25) is 0 Å². The fourth-order valence-electron chi connectivity index (χ4n) is 1.04. The Kier molecular flexibility index (Phi) is 5.31. The molecule has 0 heterocycles. The second-order valence-corrected chi connectivity index (χ2v) is 2.92. The molecule has 16 heavy (non-hydrogen) atoms. The molecule has 0 fully saturated rings. The van der Waals surface area contributed by atoms with Gasteiger partial charge >= 0.3 is 5.97 Å². The molecule has 1 aromatic carbocycles. The van der Waals surface area contributed by atoms with Crippen molar-refractivity contribution in [2.24, 2.45) is 0 Å². The fourth-order valence-corrected chi connectivity index (χ4v) is 1.04. The number of esters is 1. The summed E-state index contributed by atoms with van der Waals surface area (Å²) >= 11 is 0. The zero-order chi connectivity index (χ0) is 11.8. The van der Waals surface area contributed by atoms with E-state index < -0.39 is 5.97 Å². The molecule has 88 valence electrons. The molecule has 0 saturated carbocycles. The van der Waals surface area contributed by atoms with Crippen molar-refractivity contribution >= 4 is 5.97 Å². The Bertz CT molecular complexity index is 337. The predicted octanol–water partition coefficient (Wildman–Crippen LogP) is 1.43. The summed E-state index contributed by atoms with van der Waals surface area (Å²) in [4.78, 5) is 11.4. The van der Waals surface area contributed by atoms with Crippen molar-refractivity contribution in [3.05, 3.63) is 29.8 Å². The minimum atomic E-state index is -0.454. The topological polar surface area (TPSA) is 54.0 Å². The van der Waals surface area contributed by atoms with Crippen LogP contribution >= 0.6 is 0 Å². The highest BCUT2D eigenvalue weighted by Gasteiger charge is 2.07. The SMILES string of the molecule is COCOC(=O)c1cccc(OCOC)c1. The summed E-state index contributed by atoms with van der Waals surface area (Å²) in [6.07, 6.45) is 0. The summed E-state index contributed by atoms with van der Waals surface area (Å²) < 4.78 is 19.4. The Balaban J connectivity index is 2.62. The molecule has 1 rings (SSSR count). The van der Waals surface area contributed by atoms with E-state index in [2.05, 4.69) is 4.74 Å². The molecule has 0 unspecified atom stereocenters. The number of benzene rings is 1. The van der Waals surface area contributed by atoms with Crippen LogP contribution in [0.1, 0.15) is 10.4 Å². The highest BCUT2D eigenvalue weighted by atomic mass is 16.7. The lowest BCUT2D eigenvalue weighted by molar-refractivity contribution is -0.0125. The number of methoxy groups -OCH3 is 2. The van der Waals surface area contributed by atoms with Gasteiger partial charge in [-0.25, -0.2) is 4.79 Å². The molecule has 5 nitrogen and oxygen atoms in total. The maximum absolute atomic E-state index is 11.4. The van der Waals surface area contributed by atoms with Crippen molar-refractivity contribution in [3.8, 4) is 5.75 Å². The summed E-state index contributed by atoms with van der Waals surface area (Å²) in [7, 11) is 2.97. The van der Waals surface area contributed by atoms with Gasteiger partial charge in [-0.05, 0) is 18.2 Å². The lowest BCUT2D eigenvalue weighted by Gasteiger charge is -2.06.